The zero-order valence-corrected chi connectivity index (χ0v) is 12.8. The zero-order valence-electron chi connectivity index (χ0n) is 12.8. The third-order valence-electron chi connectivity index (χ3n) is 4.01. The molecule has 118 valence electrons. The van der Waals surface area contributed by atoms with Crippen molar-refractivity contribution >= 4 is 5.97 Å². The van der Waals surface area contributed by atoms with Gasteiger partial charge in [-0.2, -0.15) is 0 Å². The summed E-state index contributed by atoms with van der Waals surface area (Å²) in [5.41, 5.74) is 0.750. The van der Waals surface area contributed by atoms with E-state index in [9.17, 15) is 4.79 Å². The molecule has 0 aliphatic carbocycles. The third kappa shape index (κ3) is 3.42. The van der Waals surface area contributed by atoms with Gasteiger partial charge < -0.3 is 14.2 Å². The molecule has 0 bridgehead atoms. The van der Waals surface area contributed by atoms with Crippen molar-refractivity contribution < 1.29 is 19.0 Å². The first-order valence-corrected chi connectivity index (χ1v) is 7.64. The summed E-state index contributed by atoms with van der Waals surface area (Å²) in [4.78, 5) is 13.9. The van der Waals surface area contributed by atoms with Crippen LogP contribution in [-0.4, -0.2) is 50.3 Å². The third-order valence-corrected chi connectivity index (χ3v) is 4.01. The molecular weight excluding hydrogens is 282 g/mol. The molecule has 2 heterocycles. The average molecular weight is 303 g/mol. The van der Waals surface area contributed by atoms with Crippen molar-refractivity contribution in [3.8, 4) is 11.5 Å². The Hall–Kier alpha value is -2.01. The summed E-state index contributed by atoms with van der Waals surface area (Å²) in [6, 6.07) is 7.74. The van der Waals surface area contributed by atoms with Crippen LogP contribution in [0.15, 0.2) is 35.9 Å². The van der Waals surface area contributed by atoms with Crippen LogP contribution in [0.1, 0.15) is 12.8 Å². The number of nitrogens with zero attached hydrogens (tertiary/aromatic N) is 1. The van der Waals surface area contributed by atoms with Gasteiger partial charge >= 0.3 is 5.97 Å². The Bertz CT molecular complexity index is 570. The maximum Gasteiger partial charge on any atom is 0.334 e. The van der Waals surface area contributed by atoms with E-state index in [0.717, 1.165) is 43.0 Å². The van der Waals surface area contributed by atoms with Crippen LogP contribution in [-0.2, 0) is 9.53 Å². The number of esters is 1. The van der Waals surface area contributed by atoms with Gasteiger partial charge in [0.05, 0.1) is 7.11 Å². The second-order valence-electron chi connectivity index (χ2n) is 5.57. The number of para-hydroxylation sites is 2. The molecule has 0 N–H and O–H groups in total. The molecule has 3 rings (SSSR count). The highest BCUT2D eigenvalue weighted by Gasteiger charge is 2.23. The zero-order chi connectivity index (χ0) is 15.4. The maximum absolute atomic E-state index is 11.6. The summed E-state index contributed by atoms with van der Waals surface area (Å²) < 4.78 is 16.5. The van der Waals surface area contributed by atoms with Crippen molar-refractivity contribution in [2.75, 3.05) is 33.4 Å². The molecule has 1 aromatic rings. The van der Waals surface area contributed by atoms with Gasteiger partial charge in [0, 0.05) is 31.6 Å². The fourth-order valence-electron chi connectivity index (χ4n) is 2.81. The minimum absolute atomic E-state index is 0.0578. The van der Waals surface area contributed by atoms with Gasteiger partial charge in [-0.3, -0.25) is 4.90 Å². The molecule has 1 atom stereocenters. The second-order valence-corrected chi connectivity index (χ2v) is 5.57. The highest BCUT2D eigenvalue weighted by molar-refractivity contribution is 5.88. The van der Waals surface area contributed by atoms with Crippen molar-refractivity contribution in [3.63, 3.8) is 0 Å². The van der Waals surface area contributed by atoms with Gasteiger partial charge in [-0.25, -0.2) is 4.79 Å². The molecule has 0 amide bonds. The van der Waals surface area contributed by atoms with Crippen LogP contribution in [0.5, 0.6) is 11.5 Å². The van der Waals surface area contributed by atoms with Crippen LogP contribution in [0.2, 0.25) is 0 Å². The van der Waals surface area contributed by atoms with E-state index in [-0.39, 0.29) is 12.1 Å². The van der Waals surface area contributed by atoms with Crippen LogP contribution >= 0.6 is 0 Å². The number of ether oxygens (including phenoxy) is 3. The summed E-state index contributed by atoms with van der Waals surface area (Å²) >= 11 is 0. The van der Waals surface area contributed by atoms with Crippen molar-refractivity contribution in [2.24, 2.45) is 0 Å². The van der Waals surface area contributed by atoms with Gasteiger partial charge in [0.1, 0.15) is 12.7 Å². The maximum atomic E-state index is 11.6. The first-order chi connectivity index (χ1) is 10.8. The van der Waals surface area contributed by atoms with E-state index in [2.05, 4.69) is 4.90 Å². The van der Waals surface area contributed by atoms with E-state index in [1.807, 2.05) is 30.3 Å². The number of carbonyl (C=O) groups excluding carboxylic acids is 1. The summed E-state index contributed by atoms with van der Waals surface area (Å²) in [6.45, 7) is 3.07. The Morgan fingerprint density at radius 3 is 3.00 bits per heavy atom. The number of benzene rings is 1. The van der Waals surface area contributed by atoms with Gasteiger partial charge in [0.2, 0.25) is 0 Å². The lowest BCUT2D eigenvalue weighted by atomic mass is 10.1. The number of hydrogen-bond donors (Lipinski definition) is 0. The Morgan fingerprint density at radius 2 is 2.18 bits per heavy atom. The second kappa shape index (κ2) is 6.83. The van der Waals surface area contributed by atoms with Gasteiger partial charge in [0.25, 0.3) is 0 Å². The number of hydrogen-bond acceptors (Lipinski definition) is 5. The Kier molecular flexibility index (Phi) is 4.63. The van der Waals surface area contributed by atoms with E-state index in [1.54, 1.807) is 0 Å². The van der Waals surface area contributed by atoms with E-state index in [0.29, 0.717) is 13.2 Å². The lowest BCUT2D eigenvalue weighted by molar-refractivity contribution is -0.136. The fourth-order valence-corrected chi connectivity index (χ4v) is 2.81. The number of rotatable bonds is 4. The van der Waals surface area contributed by atoms with Gasteiger partial charge in [-0.15, -0.1) is 0 Å². The van der Waals surface area contributed by atoms with Crippen molar-refractivity contribution in [3.05, 3.63) is 35.9 Å². The lowest BCUT2D eigenvalue weighted by Gasteiger charge is -2.30. The van der Waals surface area contributed by atoms with Gasteiger partial charge in [-0.05, 0) is 18.6 Å². The minimum atomic E-state index is -0.226. The van der Waals surface area contributed by atoms with E-state index >= 15 is 0 Å². The molecular formula is C17H21NO4. The molecule has 0 aromatic heterocycles. The molecule has 0 spiro atoms. The molecule has 1 unspecified atom stereocenters. The molecule has 1 aromatic carbocycles. The molecule has 22 heavy (non-hydrogen) atoms. The molecule has 2 aliphatic heterocycles. The summed E-state index contributed by atoms with van der Waals surface area (Å²) in [6.07, 6.45) is 3.79. The van der Waals surface area contributed by atoms with Crippen molar-refractivity contribution in [2.45, 2.75) is 18.9 Å². The molecule has 0 fully saturated rings. The Balaban J connectivity index is 1.50. The number of methoxy groups -OCH3 is 1. The largest absolute Gasteiger partial charge is 0.486 e. The predicted molar refractivity (Wildman–Crippen MR) is 82.1 cm³/mol. The van der Waals surface area contributed by atoms with E-state index in [4.69, 9.17) is 14.2 Å². The van der Waals surface area contributed by atoms with Crippen LogP contribution in [0.3, 0.4) is 0 Å². The van der Waals surface area contributed by atoms with E-state index in [1.165, 1.54) is 7.11 Å². The highest BCUT2D eigenvalue weighted by atomic mass is 16.6. The number of carbonyl (C=O) groups is 1. The van der Waals surface area contributed by atoms with Crippen molar-refractivity contribution in [1.29, 1.82) is 0 Å². The minimum Gasteiger partial charge on any atom is -0.486 e. The topological polar surface area (TPSA) is 48.0 Å². The lowest BCUT2D eigenvalue weighted by Crippen LogP contribution is -2.37. The predicted octanol–water partition coefficient (Wildman–Crippen LogP) is 2.02. The monoisotopic (exact) mass is 303 g/mol. The van der Waals surface area contributed by atoms with Crippen LogP contribution in [0.25, 0.3) is 0 Å². The van der Waals surface area contributed by atoms with Gasteiger partial charge in [-0.1, -0.05) is 18.2 Å². The first-order valence-electron chi connectivity index (χ1n) is 7.64. The van der Waals surface area contributed by atoms with Gasteiger partial charge in [0.15, 0.2) is 11.5 Å². The standard InChI is InChI=1S/C17H21NO4/c1-20-17(19)13-5-4-9-18(11-13)10-8-14-12-21-15-6-2-3-7-16(15)22-14/h2-3,5-7,14H,4,8-12H2,1H3. The molecule has 0 saturated heterocycles. The normalized spacial score (nSPS) is 21.1. The quantitative estimate of drug-likeness (QED) is 0.797. The summed E-state index contributed by atoms with van der Waals surface area (Å²) in [5, 5.41) is 0. The molecule has 5 nitrogen and oxygen atoms in total. The summed E-state index contributed by atoms with van der Waals surface area (Å²) in [7, 11) is 1.42. The van der Waals surface area contributed by atoms with E-state index < -0.39 is 0 Å². The smallest absolute Gasteiger partial charge is 0.334 e. The fraction of sp³-hybridized carbons (Fsp3) is 0.471. The number of fused-ring (bicyclic) bond motifs is 1. The van der Waals surface area contributed by atoms with Crippen LogP contribution in [0, 0.1) is 0 Å². The molecule has 0 saturated carbocycles. The molecule has 0 radical (unpaired) electrons. The molecule has 5 heteroatoms. The molecule has 2 aliphatic rings. The average Bonchev–Trinajstić information content (AvgIpc) is 2.59. The van der Waals surface area contributed by atoms with Crippen LogP contribution in [0.4, 0.5) is 0 Å². The first kappa shape index (κ1) is 14.9. The van der Waals surface area contributed by atoms with Crippen molar-refractivity contribution in [1.82, 2.24) is 4.90 Å². The van der Waals surface area contributed by atoms with Crippen LogP contribution < -0.4 is 9.47 Å². The summed E-state index contributed by atoms with van der Waals surface area (Å²) in [5.74, 6) is 1.40. The highest BCUT2D eigenvalue weighted by Crippen LogP contribution is 2.31. The Labute approximate surface area is 130 Å². The SMILES string of the molecule is COC(=O)C1=CCCN(CCC2COc3ccccc3O2)C1. The Morgan fingerprint density at radius 1 is 1.36 bits per heavy atom.